The van der Waals surface area contributed by atoms with Crippen LogP contribution >= 0.6 is 11.6 Å². The van der Waals surface area contributed by atoms with E-state index in [0.717, 1.165) is 0 Å². The molecule has 3 aromatic rings. The lowest BCUT2D eigenvalue weighted by Crippen LogP contribution is -2.31. The second-order valence-corrected chi connectivity index (χ2v) is 7.70. The van der Waals surface area contributed by atoms with Crippen molar-refractivity contribution in [3.63, 3.8) is 0 Å². The molecule has 1 saturated heterocycles. The Morgan fingerprint density at radius 3 is 2.91 bits per heavy atom. The molecule has 0 bridgehead atoms. The molecule has 0 radical (unpaired) electrons. The Labute approximate surface area is 188 Å². The number of carbonyl (C=O) groups excluding carboxylic acids is 1. The smallest absolute Gasteiger partial charge is 0.252 e. The minimum Gasteiger partial charge on any atom is -0.493 e. The fourth-order valence-electron chi connectivity index (χ4n) is 3.88. The first-order valence-electron chi connectivity index (χ1n) is 10.0. The SMILES string of the molecule is COc1cccc2nc(-c3c(F)cccc3Cl)c(NC(=O)C3=CC=C4OCCOC4C3)n12. The number of amides is 1. The average molecular weight is 456 g/mol. The first-order chi connectivity index (χ1) is 15.6. The Hall–Kier alpha value is -3.36. The highest BCUT2D eigenvalue weighted by molar-refractivity contribution is 6.33. The number of hydrogen-bond acceptors (Lipinski definition) is 5. The van der Waals surface area contributed by atoms with Crippen LogP contribution in [-0.2, 0) is 14.3 Å². The van der Waals surface area contributed by atoms with Crippen LogP contribution in [0.3, 0.4) is 0 Å². The standard InChI is InChI=1S/C23H19ClFN3O4/c1-30-19-7-3-6-18-26-21(20-14(24)4-2-5-15(20)25)22(28(18)19)27-23(29)13-8-9-16-17(12-13)32-11-10-31-16/h2-9,17H,10-12H2,1H3,(H,27,29). The topological polar surface area (TPSA) is 74.1 Å². The summed E-state index contributed by atoms with van der Waals surface area (Å²) in [5.74, 6) is 0.477. The Balaban J connectivity index is 1.60. The highest BCUT2D eigenvalue weighted by atomic mass is 35.5. The van der Waals surface area contributed by atoms with Crippen molar-refractivity contribution in [3.05, 3.63) is 70.7 Å². The van der Waals surface area contributed by atoms with Gasteiger partial charge in [0, 0.05) is 12.0 Å². The molecule has 1 aliphatic heterocycles. The minimum atomic E-state index is -0.549. The maximum atomic E-state index is 14.8. The summed E-state index contributed by atoms with van der Waals surface area (Å²) in [6.45, 7) is 0.962. The van der Waals surface area contributed by atoms with E-state index in [1.165, 1.54) is 19.2 Å². The molecule has 3 heterocycles. The van der Waals surface area contributed by atoms with Gasteiger partial charge in [0.15, 0.2) is 0 Å². The maximum absolute atomic E-state index is 14.8. The van der Waals surface area contributed by atoms with Crippen molar-refractivity contribution in [1.29, 1.82) is 0 Å². The summed E-state index contributed by atoms with van der Waals surface area (Å²) >= 11 is 6.32. The van der Waals surface area contributed by atoms with Gasteiger partial charge in [-0.3, -0.25) is 4.79 Å². The number of benzene rings is 1. The van der Waals surface area contributed by atoms with Crippen molar-refractivity contribution in [3.8, 4) is 17.1 Å². The van der Waals surface area contributed by atoms with Crippen LogP contribution < -0.4 is 10.1 Å². The number of aromatic nitrogens is 2. The summed E-state index contributed by atoms with van der Waals surface area (Å²) < 4.78 is 33.1. The molecule has 2 aliphatic rings. The van der Waals surface area contributed by atoms with Gasteiger partial charge in [-0.25, -0.2) is 13.8 Å². The summed E-state index contributed by atoms with van der Waals surface area (Å²) in [6, 6.07) is 9.60. The number of methoxy groups -OCH3 is 1. The van der Waals surface area contributed by atoms with Gasteiger partial charge in [-0.05, 0) is 36.4 Å². The number of nitrogens with zero attached hydrogens (tertiary/aromatic N) is 2. The van der Waals surface area contributed by atoms with E-state index < -0.39 is 5.82 Å². The first kappa shape index (κ1) is 20.5. The second-order valence-electron chi connectivity index (χ2n) is 7.29. The number of ether oxygens (including phenoxy) is 3. The van der Waals surface area contributed by atoms with Crippen molar-refractivity contribution < 1.29 is 23.4 Å². The van der Waals surface area contributed by atoms with E-state index in [4.69, 9.17) is 25.8 Å². The van der Waals surface area contributed by atoms with Crippen LogP contribution in [0.25, 0.3) is 16.9 Å². The molecule has 1 fully saturated rings. The molecule has 1 N–H and O–H groups in total. The molecule has 0 saturated carbocycles. The minimum absolute atomic E-state index is 0.0963. The molecular formula is C23H19ClFN3O4. The quantitative estimate of drug-likeness (QED) is 0.632. The number of rotatable bonds is 4. The molecule has 32 heavy (non-hydrogen) atoms. The van der Waals surface area contributed by atoms with E-state index in [1.54, 1.807) is 40.8 Å². The Morgan fingerprint density at radius 2 is 2.09 bits per heavy atom. The molecule has 1 aromatic carbocycles. The molecule has 7 nitrogen and oxygen atoms in total. The molecule has 1 unspecified atom stereocenters. The zero-order valence-electron chi connectivity index (χ0n) is 17.1. The van der Waals surface area contributed by atoms with Crippen molar-refractivity contribution in [2.45, 2.75) is 12.5 Å². The molecule has 9 heteroatoms. The van der Waals surface area contributed by atoms with Crippen LogP contribution in [0.5, 0.6) is 5.88 Å². The van der Waals surface area contributed by atoms with Gasteiger partial charge in [0.05, 0.1) is 24.3 Å². The van der Waals surface area contributed by atoms with Crippen LogP contribution in [0, 0.1) is 5.82 Å². The van der Waals surface area contributed by atoms with Crippen LogP contribution in [0.15, 0.2) is 59.9 Å². The number of carbonyl (C=O) groups is 1. The van der Waals surface area contributed by atoms with E-state index in [1.807, 2.05) is 0 Å². The van der Waals surface area contributed by atoms with E-state index in [2.05, 4.69) is 10.3 Å². The average Bonchev–Trinajstić information content (AvgIpc) is 3.16. The van der Waals surface area contributed by atoms with Gasteiger partial charge in [0.25, 0.3) is 5.91 Å². The normalized spacial score (nSPS) is 17.8. The van der Waals surface area contributed by atoms with E-state index in [-0.39, 0.29) is 34.1 Å². The van der Waals surface area contributed by atoms with Crippen LogP contribution in [0.4, 0.5) is 10.2 Å². The van der Waals surface area contributed by atoms with Gasteiger partial charge in [-0.1, -0.05) is 23.7 Å². The van der Waals surface area contributed by atoms with Crippen LogP contribution in [0.2, 0.25) is 5.02 Å². The van der Waals surface area contributed by atoms with Gasteiger partial charge in [-0.15, -0.1) is 0 Å². The zero-order chi connectivity index (χ0) is 22.2. The number of hydrogen-bond donors (Lipinski definition) is 1. The molecular weight excluding hydrogens is 437 g/mol. The Morgan fingerprint density at radius 1 is 1.25 bits per heavy atom. The predicted octanol–water partition coefficient (Wildman–Crippen LogP) is 4.37. The fraction of sp³-hybridized carbons (Fsp3) is 0.217. The Kier molecular flexibility index (Phi) is 5.32. The summed E-state index contributed by atoms with van der Waals surface area (Å²) in [6.07, 6.45) is 3.51. The summed E-state index contributed by atoms with van der Waals surface area (Å²) in [5, 5.41) is 3.07. The fourth-order valence-corrected chi connectivity index (χ4v) is 4.14. The predicted molar refractivity (Wildman–Crippen MR) is 117 cm³/mol. The highest BCUT2D eigenvalue weighted by Gasteiger charge is 2.29. The van der Waals surface area contributed by atoms with Gasteiger partial charge in [0.1, 0.15) is 41.4 Å². The molecule has 1 amide bonds. The number of pyridine rings is 1. The zero-order valence-corrected chi connectivity index (χ0v) is 17.9. The van der Waals surface area contributed by atoms with Gasteiger partial charge >= 0.3 is 0 Å². The molecule has 2 aromatic heterocycles. The third kappa shape index (κ3) is 3.51. The lowest BCUT2D eigenvalue weighted by atomic mass is 9.99. The number of imidazole rings is 1. The third-order valence-corrected chi connectivity index (χ3v) is 5.70. The van der Waals surface area contributed by atoms with Crippen LogP contribution in [0.1, 0.15) is 6.42 Å². The number of allylic oxidation sites excluding steroid dienone is 2. The highest BCUT2D eigenvalue weighted by Crippen LogP contribution is 2.38. The maximum Gasteiger partial charge on any atom is 0.252 e. The number of halogens is 2. The van der Waals surface area contributed by atoms with Gasteiger partial charge in [-0.2, -0.15) is 0 Å². The van der Waals surface area contributed by atoms with Crippen LogP contribution in [-0.4, -0.2) is 41.7 Å². The van der Waals surface area contributed by atoms with Gasteiger partial charge < -0.3 is 19.5 Å². The number of anilines is 1. The van der Waals surface area contributed by atoms with Crippen molar-refractivity contribution in [2.24, 2.45) is 0 Å². The third-order valence-electron chi connectivity index (χ3n) is 5.38. The second kappa shape index (κ2) is 8.29. The van der Waals surface area contributed by atoms with Crippen molar-refractivity contribution >= 4 is 29.0 Å². The molecule has 1 aliphatic carbocycles. The lowest BCUT2D eigenvalue weighted by molar-refractivity contribution is -0.113. The van der Waals surface area contributed by atoms with E-state index in [0.29, 0.717) is 42.5 Å². The van der Waals surface area contributed by atoms with Crippen molar-refractivity contribution in [2.75, 3.05) is 25.6 Å². The van der Waals surface area contributed by atoms with E-state index in [9.17, 15) is 9.18 Å². The first-order valence-corrected chi connectivity index (χ1v) is 10.4. The summed E-state index contributed by atoms with van der Waals surface area (Å²) in [4.78, 5) is 17.8. The number of nitrogens with one attached hydrogen (secondary N) is 1. The lowest BCUT2D eigenvalue weighted by Gasteiger charge is -2.29. The molecule has 5 rings (SSSR count). The molecule has 164 valence electrons. The van der Waals surface area contributed by atoms with Crippen molar-refractivity contribution in [1.82, 2.24) is 9.38 Å². The largest absolute Gasteiger partial charge is 0.493 e. The monoisotopic (exact) mass is 455 g/mol. The summed E-state index contributed by atoms with van der Waals surface area (Å²) in [5.41, 5.74) is 1.27. The number of fused-ring (bicyclic) bond motifs is 2. The molecule has 0 spiro atoms. The van der Waals surface area contributed by atoms with Gasteiger partial charge in [0.2, 0.25) is 5.88 Å². The van der Waals surface area contributed by atoms with E-state index >= 15 is 0 Å². The molecule has 1 atom stereocenters. The Bertz CT molecular complexity index is 1260. The summed E-state index contributed by atoms with van der Waals surface area (Å²) in [7, 11) is 1.51.